The molecule has 0 saturated heterocycles. The molecular weight excluding hydrogens is 256 g/mol. The fourth-order valence-electron chi connectivity index (χ4n) is 1.90. The van der Waals surface area contributed by atoms with Crippen molar-refractivity contribution in [3.63, 3.8) is 0 Å². The molecule has 6 nitrogen and oxygen atoms in total. The summed E-state index contributed by atoms with van der Waals surface area (Å²) in [6, 6.07) is 7.49. The minimum atomic E-state index is -0.0466. The zero-order valence-corrected chi connectivity index (χ0v) is 11.4. The first-order valence-corrected chi connectivity index (χ1v) is 6.35. The number of nitrogens with zero attached hydrogens (tertiary/aromatic N) is 2. The summed E-state index contributed by atoms with van der Waals surface area (Å²) < 4.78 is 6.91. The summed E-state index contributed by atoms with van der Waals surface area (Å²) >= 11 is 0. The lowest BCUT2D eigenvalue weighted by atomic mass is 10.1. The molecule has 2 aromatic rings. The number of carbonyl (C=O) groups excluding carboxylic acids is 1. The quantitative estimate of drug-likeness (QED) is 0.817. The van der Waals surface area contributed by atoms with E-state index in [-0.39, 0.29) is 5.91 Å². The van der Waals surface area contributed by atoms with Crippen LogP contribution in [-0.4, -0.2) is 29.3 Å². The van der Waals surface area contributed by atoms with Gasteiger partial charge in [0.15, 0.2) is 0 Å². The number of nitrogen functional groups attached to an aromatic ring is 1. The lowest BCUT2D eigenvalue weighted by Crippen LogP contribution is -2.28. The number of nitrogens with one attached hydrogen (secondary N) is 1. The molecule has 6 heteroatoms. The topological polar surface area (TPSA) is 82.2 Å². The Morgan fingerprint density at radius 1 is 1.45 bits per heavy atom. The van der Waals surface area contributed by atoms with E-state index in [0.29, 0.717) is 25.2 Å². The average Bonchev–Trinajstić information content (AvgIpc) is 2.85. The second-order valence-electron chi connectivity index (χ2n) is 4.38. The van der Waals surface area contributed by atoms with Crippen molar-refractivity contribution in [2.45, 2.75) is 13.0 Å². The van der Waals surface area contributed by atoms with Crippen LogP contribution in [0.5, 0.6) is 5.75 Å². The smallest absolute Gasteiger partial charge is 0.224 e. The maximum Gasteiger partial charge on any atom is 0.224 e. The number of aromatic nitrogens is 2. The van der Waals surface area contributed by atoms with Crippen molar-refractivity contribution in [2.24, 2.45) is 0 Å². The first kappa shape index (κ1) is 13.9. The van der Waals surface area contributed by atoms with Gasteiger partial charge >= 0.3 is 0 Å². The Labute approximate surface area is 117 Å². The Morgan fingerprint density at radius 2 is 2.25 bits per heavy atom. The van der Waals surface area contributed by atoms with Crippen LogP contribution in [0.3, 0.4) is 0 Å². The van der Waals surface area contributed by atoms with Crippen molar-refractivity contribution < 1.29 is 9.53 Å². The maximum absolute atomic E-state index is 11.9. The van der Waals surface area contributed by atoms with Crippen LogP contribution in [-0.2, 0) is 17.8 Å². The highest BCUT2D eigenvalue weighted by atomic mass is 16.5. The number of hydrogen-bond acceptors (Lipinski definition) is 4. The van der Waals surface area contributed by atoms with Crippen LogP contribution in [0.25, 0.3) is 0 Å². The van der Waals surface area contributed by atoms with E-state index in [1.807, 2.05) is 24.3 Å². The van der Waals surface area contributed by atoms with Gasteiger partial charge in [-0.1, -0.05) is 18.2 Å². The number of anilines is 1. The molecule has 20 heavy (non-hydrogen) atoms. The summed E-state index contributed by atoms with van der Waals surface area (Å²) in [7, 11) is 1.60. The molecule has 0 saturated carbocycles. The standard InChI is InChI=1S/C14H18N4O2/c1-20-13-5-3-2-4-11(13)8-14(19)16-6-7-18-10-12(15)9-17-18/h2-5,9-10H,6-8,15H2,1H3,(H,16,19). The van der Waals surface area contributed by atoms with Gasteiger partial charge in [0, 0.05) is 18.3 Å². The third-order valence-electron chi connectivity index (χ3n) is 2.86. The molecule has 0 spiro atoms. The maximum atomic E-state index is 11.9. The molecule has 0 aliphatic rings. The predicted molar refractivity (Wildman–Crippen MR) is 76.3 cm³/mol. The van der Waals surface area contributed by atoms with Gasteiger partial charge in [0.1, 0.15) is 5.75 Å². The zero-order valence-electron chi connectivity index (χ0n) is 11.4. The number of nitrogens with two attached hydrogens (primary N) is 1. The molecular formula is C14H18N4O2. The van der Waals surface area contributed by atoms with Crippen LogP contribution >= 0.6 is 0 Å². The van der Waals surface area contributed by atoms with E-state index < -0.39 is 0 Å². The summed E-state index contributed by atoms with van der Waals surface area (Å²) in [5, 5.41) is 6.89. The number of ether oxygens (including phenoxy) is 1. The Hall–Kier alpha value is -2.50. The molecule has 0 fully saturated rings. The summed E-state index contributed by atoms with van der Waals surface area (Å²) in [4.78, 5) is 11.9. The van der Waals surface area contributed by atoms with Gasteiger partial charge in [0.2, 0.25) is 5.91 Å². The first-order valence-electron chi connectivity index (χ1n) is 6.35. The first-order chi connectivity index (χ1) is 9.69. The lowest BCUT2D eigenvalue weighted by molar-refractivity contribution is -0.120. The van der Waals surface area contributed by atoms with Gasteiger partial charge in [0.05, 0.1) is 32.0 Å². The monoisotopic (exact) mass is 274 g/mol. The second kappa shape index (κ2) is 6.60. The van der Waals surface area contributed by atoms with E-state index in [9.17, 15) is 4.79 Å². The van der Waals surface area contributed by atoms with Gasteiger partial charge < -0.3 is 15.8 Å². The minimum absolute atomic E-state index is 0.0466. The summed E-state index contributed by atoms with van der Waals surface area (Å²) in [5.41, 5.74) is 7.05. The number of hydrogen-bond donors (Lipinski definition) is 2. The number of rotatable bonds is 6. The largest absolute Gasteiger partial charge is 0.496 e. The van der Waals surface area contributed by atoms with Crippen LogP contribution in [0.2, 0.25) is 0 Å². The van der Waals surface area contributed by atoms with E-state index in [2.05, 4.69) is 10.4 Å². The van der Waals surface area contributed by atoms with Gasteiger partial charge in [-0.15, -0.1) is 0 Å². The van der Waals surface area contributed by atoms with Crippen LogP contribution in [0.15, 0.2) is 36.7 Å². The lowest BCUT2D eigenvalue weighted by Gasteiger charge is -2.09. The third kappa shape index (κ3) is 3.74. The Morgan fingerprint density at radius 3 is 2.95 bits per heavy atom. The van der Waals surface area contributed by atoms with Gasteiger partial charge in [-0.05, 0) is 6.07 Å². The summed E-state index contributed by atoms with van der Waals surface area (Å²) in [5.74, 6) is 0.678. The number of para-hydroxylation sites is 1. The van der Waals surface area contributed by atoms with E-state index in [0.717, 1.165) is 11.3 Å². The van der Waals surface area contributed by atoms with E-state index in [1.165, 1.54) is 0 Å². The van der Waals surface area contributed by atoms with Gasteiger partial charge in [0.25, 0.3) is 0 Å². The second-order valence-corrected chi connectivity index (χ2v) is 4.38. The average molecular weight is 274 g/mol. The molecule has 1 heterocycles. The van der Waals surface area contributed by atoms with Gasteiger partial charge in [-0.2, -0.15) is 5.10 Å². The van der Waals surface area contributed by atoms with Crippen molar-refractivity contribution in [2.75, 3.05) is 19.4 Å². The Bertz CT molecular complexity index is 580. The van der Waals surface area contributed by atoms with Crippen LogP contribution in [0.1, 0.15) is 5.56 Å². The SMILES string of the molecule is COc1ccccc1CC(=O)NCCn1cc(N)cn1. The fraction of sp³-hybridized carbons (Fsp3) is 0.286. The number of carbonyl (C=O) groups is 1. The van der Waals surface area contributed by atoms with Crippen molar-refractivity contribution >= 4 is 11.6 Å². The minimum Gasteiger partial charge on any atom is -0.496 e. The highest BCUT2D eigenvalue weighted by Crippen LogP contribution is 2.17. The van der Waals surface area contributed by atoms with Crippen molar-refractivity contribution in [3.05, 3.63) is 42.2 Å². The molecule has 1 aromatic heterocycles. The molecule has 3 N–H and O–H groups in total. The highest BCUT2D eigenvalue weighted by Gasteiger charge is 2.07. The van der Waals surface area contributed by atoms with Crippen molar-refractivity contribution in [1.29, 1.82) is 0 Å². The molecule has 2 rings (SSSR count). The van der Waals surface area contributed by atoms with Crippen LogP contribution < -0.4 is 15.8 Å². The molecule has 0 aliphatic carbocycles. The fourth-order valence-corrected chi connectivity index (χ4v) is 1.90. The summed E-state index contributed by atoms with van der Waals surface area (Å²) in [6.07, 6.45) is 3.61. The normalized spacial score (nSPS) is 10.2. The third-order valence-corrected chi connectivity index (χ3v) is 2.86. The van der Waals surface area contributed by atoms with Crippen LogP contribution in [0, 0.1) is 0 Å². The number of methoxy groups -OCH3 is 1. The van der Waals surface area contributed by atoms with Crippen molar-refractivity contribution in [1.82, 2.24) is 15.1 Å². The van der Waals surface area contributed by atoms with E-state index >= 15 is 0 Å². The van der Waals surface area contributed by atoms with E-state index in [1.54, 1.807) is 24.2 Å². The molecule has 0 radical (unpaired) electrons. The number of amides is 1. The predicted octanol–water partition coefficient (Wildman–Crippen LogP) is 0.833. The molecule has 106 valence electrons. The zero-order chi connectivity index (χ0) is 14.4. The van der Waals surface area contributed by atoms with Crippen molar-refractivity contribution in [3.8, 4) is 5.75 Å². The Balaban J connectivity index is 1.80. The van der Waals surface area contributed by atoms with E-state index in [4.69, 9.17) is 10.5 Å². The van der Waals surface area contributed by atoms with Crippen LogP contribution in [0.4, 0.5) is 5.69 Å². The van der Waals surface area contributed by atoms with Gasteiger partial charge in [-0.3, -0.25) is 9.48 Å². The molecule has 1 aromatic carbocycles. The highest BCUT2D eigenvalue weighted by molar-refractivity contribution is 5.79. The molecule has 0 unspecified atom stereocenters. The Kier molecular flexibility index (Phi) is 4.60. The van der Waals surface area contributed by atoms with Gasteiger partial charge in [-0.25, -0.2) is 0 Å². The molecule has 0 atom stereocenters. The summed E-state index contributed by atoms with van der Waals surface area (Å²) in [6.45, 7) is 1.10. The molecule has 1 amide bonds. The number of benzene rings is 1. The molecule has 0 bridgehead atoms. The molecule has 0 aliphatic heterocycles.